The molecule has 0 aliphatic carbocycles. The van der Waals surface area contributed by atoms with Gasteiger partial charge in [-0.25, -0.2) is 13.1 Å². The van der Waals surface area contributed by atoms with Gasteiger partial charge in [0.2, 0.25) is 10.0 Å². The molecule has 0 aromatic heterocycles. The van der Waals surface area contributed by atoms with Gasteiger partial charge in [0.25, 0.3) is 0 Å². The summed E-state index contributed by atoms with van der Waals surface area (Å²) in [6, 6.07) is 6.92. The van der Waals surface area contributed by atoms with Crippen molar-refractivity contribution in [2.24, 2.45) is 0 Å². The first-order chi connectivity index (χ1) is 7.79. The van der Waals surface area contributed by atoms with E-state index in [9.17, 15) is 8.42 Å². The molecule has 0 saturated heterocycles. The fourth-order valence-electron chi connectivity index (χ4n) is 1.58. The van der Waals surface area contributed by atoms with Crippen LogP contribution in [0.15, 0.2) is 29.2 Å². The summed E-state index contributed by atoms with van der Waals surface area (Å²) in [7, 11) is -3.55. The third kappa shape index (κ3) is 3.52. The highest BCUT2D eigenvalue weighted by Gasteiger charge is 2.24. The number of nitrogens with one attached hydrogen (secondary N) is 1. The molecule has 96 valence electrons. The molecule has 0 spiro atoms. The summed E-state index contributed by atoms with van der Waals surface area (Å²) in [6.07, 6.45) is 0. The molecule has 4 nitrogen and oxygen atoms in total. The maximum absolute atomic E-state index is 12.0. The Labute approximate surface area is 103 Å². The van der Waals surface area contributed by atoms with Crippen molar-refractivity contribution in [3.05, 3.63) is 29.8 Å². The van der Waals surface area contributed by atoms with E-state index in [-0.39, 0.29) is 23.5 Å². The van der Waals surface area contributed by atoms with E-state index < -0.39 is 10.0 Å². The number of sulfonamides is 1. The highest BCUT2D eigenvalue weighted by atomic mass is 32.2. The normalized spacial score (nSPS) is 12.7. The number of rotatable bonds is 4. The van der Waals surface area contributed by atoms with E-state index in [0.717, 1.165) is 5.56 Å². The Hall–Kier alpha value is -0.910. The Morgan fingerprint density at radius 1 is 1.24 bits per heavy atom. The summed E-state index contributed by atoms with van der Waals surface area (Å²) in [4.78, 5) is 0.279. The lowest BCUT2D eigenvalue weighted by molar-refractivity contribution is 0.301. The first-order valence-corrected chi connectivity index (χ1v) is 6.97. The molecule has 0 saturated carbocycles. The van der Waals surface area contributed by atoms with Gasteiger partial charge in [-0.05, 0) is 17.0 Å². The SMILES string of the molecule is CC(C)(C)c1ccccc1S(=O)(=O)NCCO. The Kier molecular flexibility index (Phi) is 4.30. The van der Waals surface area contributed by atoms with Gasteiger partial charge in [0, 0.05) is 6.54 Å². The van der Waals surface area contributed by atoms with Crippen LogP contribution in [0, 0.1) is 0 Å². The van der Waals surface area contributed by atoms with E-state index in [1.54, 1.807) is 12.1 Å². The standard InChI is InChI=1S/C12H19NO3S/c1-12(2,3)10-6-4-5-7-11(10)17(15,16)13-8-9-14/h4-7,13-14H,8-9H2,1-3H3. The summed E-state index contributed by atoms with van der Waals surface area (Å²) in [6.45, 7) is 5.71. The quantitative estimate of drug-likeness (QED) is 0.853. The molecule has 0 heterocycles. The van der Waals surface area contributed by atoms with Crippen molar-refractivity contribution in [1.82, 2.24) is 4.72 Å². The van der Waals surface area contributed by atoms with Crippen LogP contribution in [-0.2, 0) is 15.4 Å². The molecule has 0 unspecified atom stereocenters. The smallest absolute Gasteiger partial charge is 0.240 e. The zero-order valence-corrected chi connectivity index (χ0v) is 11.2. The van der Waals surface area contributed by atoms with Crippen LogP contribution in [0.1, 0.15) is 26.3 Å². The second-order valence-electron chi connectivity index (χ2n) is 4.87. The lowest BCUT2D eigenvalue weighted by atomic mass is 9.87. The molecule has 1 rings (SSSR count). The molecule has 1 aromatic carbocycles. The monoisotopic (exact) mass is 257 g/mol. The molecule has 0 radical (unpaired) electrons. The minimum Gasteiger partial charge on any atom is -0.395 e. The Balaban J connectivity index is 3.23. The van der Waals surface area contributed by atoms with Crippen LogP contribution >= 0.6 is 0 Å². The maximum atomic E-state index is 12.0. The van der Waals surface area contributed by atoms with Crippen molar-refractivity contribution in [1.29, 1.82) is 0 Å². The van der Waals surface area contributed by atoms with Crippen LogP contribution in [0.3, 0.4) is 0 Å². The van der Waals surface area contributed by atoms with E-state index >= 15 is 0 Å². The summed E-state index contributed by atoms with van der Waals surface area (Å²) in [5.41, 5.74) is 0.523. The molecule has 1 aromatic rings. The highest BCUT2D eigenvalue weighted by Crippen LogP contribution is 2.28. The van der Waals surface area contributed by atoms with E-state index in [0.29, 0.717) is 0 Å². The Bertz CT molecular complexity index is 475. The van der Waals surface area contributed by atoms with E-state index in [4.69, 9.17) is 5.11 Å². The fourth-order valence-corrected chi connectivity index (χ4v) is 3.02. The molecule has 0 aliphatic heterocycles. The first kappa shape index (κ1) is 14.2. The van der Waals surface area contributed by atoms with Gasteiger partial charge in [-0.15, -0.1) is 0 Å². The van der Waals surface area contributed by atoms with Gasteiger partial charge in [0.05, 0.1) is 11.5 Å². The largest absolute Gasteiger partial charge is 0.395 e. The Morgan fingerprint density at radius 3 is 2.35 bits per heavy atom. The van der Waals surface area contributed by atoms with Gasteiger partial charge < -0.3 is 5.11 Å². The molecule has 17 heavy (non-hydrogen) atoms. The molecule has 2 N–H and O–H groups in total. The molecule has 0 bridgehead atoms. The van der Waals surface area contributed by atoms with Gasteiger partial charge in [-0.1, -0.05) is 39.0 Å². The summed E-state index contributed by atoms with van der Waals surface area (Å²) >= 11 is 0. The van der Waals surface area contributed by atoms with E-state index in [1.807, 2.05) is 32.9 Å². The summed E-state index contributed by atoms with van der Waals surface area (Å²) in [5.74, 6) is 0. The molecular weight excluding hydrogens is 238 g/mol. The van der Waals surface area contributed by atoms with E-state index in [2.05, 4.69) is 4.72 Å². The summed E-state index contributed by atoms with van der Waals surface area (Å²) < 4.78 is 26.4. The van der Waals surface area contributed by atoms with Crippen LogP contribution in [-0.4, -0.2) is 26.7 Å². The van der Waals surface area contributed by atoms with Gasteiger partial charge in [-0.2, -0.15) is 0 Å². The highest BCUT2D eigenvalue weighted by molar-refractivity contribution is 7.89. The van der Waals surface area contributed by atoms with Gasteiger partial charge >= 0.3 is 0 Å². The van der Waals surface area contributed by atoms with Crippen LogP contribution < -0.4 is 4.72 Å². The second kappa shape index (κ2) is 5.16. The average Bonchev–Trinajstić information content (AvgIpc) is 2.25. The number of hydrogen-bond donors (Lipinski definition) is 2. The van der Waals surface area contributed by atoms with Crippen molar-refractivity contribution in [2.45, 2.75) is 31.1 Å². The molecule has 0 fully saturated rings. The molecular formula is C12H19NO3S. The molecule has 0 atom stereocenters. The fraction of sp³-hybridized carbons (Fsp3) is 0.500. The van der Waals surface area contributed by atoms with Crippen molar-refractivity contribution in [3.8, 4) is 0 Å². The van der Waals surface area contributed by atoms with Crippen LogP contribution in [0.5, 0.6) is 0 Å². The van der Waals surface area contributed by atoms with Crippen LogP contribution in [0.4, 0.5) is 0 Å². The number of hydrogen-bond acceptors (Lipinski definition) is 3. The molecule has 0 aliphatic rings. The minimum absolute atomic E-state index is 0.0286. The zero-order valence-electron chi connectivity index (χ0n) is 10.4. The van der Waals surface area contributed by atoms with E-state index in [1.165, 1.54) is 0 Å². The topological polar surface area (TPSA) is 66.4 Å². The zero-order chi connectivity index (χ0) is 13.1. The van der Waals surface area contributed by atoms with Gasteiger partial charge in [0.15, 0.2) is 0 Å². The van der Waals surface area contributed by atoms with Crippen molar-refractivity contribution in [2.75, 3.05) is 13.2 Å². The second-order valence-corrected chi connectivity index (χ2v) is 6.60. The predicted molar refractivity (Wildman–Crippen MR) is 67.4 cm³/mol. The number of aliphatic hydroxyl groups is 1. The predicted octanol–water partition coefficient (Wildman–Crippen LogP) is 1.25. The lowest BCUT2D eigenvalue weighted by Gasteiger charge is -2.22. The number of aliphatic hydroxyl groups excluding tert-OH is 1. The van der Waals surface area contributed by atoms with Crippen molar-refractivity contribution in [3.63, 3.8) is 0 Å². The van der Waals surface area contributed by atoms with Crippen molar-refractivity contribution >= 4 is 10.0 Å². The first-order valence-electron chi connectivity index (χ1n) is 5.49. The molecule has 0 amide bonds. The molecule has 5 heteroatoms. The number of benzene rings is 1. The third-order valence-corrected chi connectivity index (χ3v) is 3.91. The van der Waals surface area contributed by atoms with Crippen LogP contribution in [0.2, 0.25) is 0 Å². The maximum Gasteiger partial charge on any atom is 0.240 e. The summed E-state index contributed by atoms with van der Waals surface area (Å²) in [5, 5.41) is 8.68. The van der Waals surface area contributed by atoms with Gasteiger partial charge in [-0.3, -0.25) is 0 Å². The minimum atomic E-state index is -3.55. The Morgan fingerprint density at radius 2 is 1.82 bits per heavy atom. The van der Waals surface area contributed by atoms with Crippen molar-refractivity contribution < 1.29 is 13.5 Å². The van der Waals surface area contributed by atoms with Crippen LogP contribution in [0.25, 0.3) is 0 Å². The lowest BCUT2D eigenvalue weighted by Crippen LogP contribution is -2.29. The average molecular weight is 257 g/mol. The third-order valence-electron chi connectivity index (χ3n) is 2.39. The van der Waals surface area contributed by atoms with Gasteiger partial charge in [0.1, 0.15) is 0 Å².